The number of rotatable bonds is 7. The summed E-state index contributed by atoms with van der Waals surface area (Å²) < 4.78 is 4.95. The number of anilines is 2. The second-order valence-electron chi connectivity index (χ2n) is 7.04. The number of amides is 1. The minimum atomic E-state index is -0.372. The Kier molecular flexibility index (Phi) is 7.46. The van der Waals surface area contributed by atoms with Crippen LogP contribution in [0, 0.1) is 5.92 Å². The fourth-order valence-corrected chi connectivity index (χ4v) is 3.88. The maximum Gasteiger partial charge on any atom is 0.338 e. The summed E-state index contributed by atoms with van der Waals surface area (Å²) in [5.74, 6) is 1.32. The zero-order valence-corrected chi connectivity index (χ0v) is 17.6. The van der Waals surface area contributed by atoms with E-state index in [2.05, 4.69) is 27.1 Å². The lowest BCUT2D eigenvalue weighted by Gasteiger charge is -2.31. The van der Waals surface area contributed by atoms with Crippen molar-refractivity contribution in [1.29, 1.82) is 0 Å². The lowest BCUT2D eigenvalue weighted by atomic mass is 10.0. The van der Waals surface area contributed by atoms with E-state index in [4.69, 9.17) is 4.74 Å². The summed E-state index contributed by atoms with van der Waals surface area (Å²) in [7, 11) is 0. The molecule has 0 saturated carbocycles. The van der Waals surface area contributed by atoms with Gasteiger partial charge < -0.3 is 15.0 Å². The number of benzene rings is 1. The smallest absolute Gasteiger partial charge is 0.338 e. The third kappa shape index (κ3) is 6.19. The van der Waals surface area contributed by atoms with E-state index in [9.17, 15) is 9.59 Å². The van der Waals surface area contributed by atoms with Crippen molar-refractivity contribution in [3.63, 3.8) is 0 Å². The van der Waals surface area contributed by atoms with Crippen LogP contribution < -0.4 is 10.2 Å². The summed E-state index contributed by atoms with van der Waals surface area (Å²) in [5, 5.41) is 3.61. The predicted octanol–water partition coefficient (Wildman–Crippen LogP) is 3.62. The Morgan fingerprint density at radius 3 is 2.79 bits per heavy atom. The van der Waals surface area contributed by atoms with E-state index in [-0.39, 0.29) is 17.6 Å². The molecule has 0 unspecified atom stereocenters. The van der Waals surface area contributed by atoms with Crippen molar-refractivity contribution >= 4 is 35.1 Å². The first-order valence-electron chi connectivity index (χ1n) is 9.82. The molecule has 0 aliphatic carbocycles. The van der Waals surface area contributed by atoms with Gasteiger partial charge in [-0.1, -0.05) is 18.7 Å². The van der Waals surface area contributed by atoms with Gasteiger partial charge in [0.25, 0.3) is 0 Å². The van der Waals surface area contributed by atoms with Gasteiger partial charge in [0.05, 0.1) is 17.9 Å². The van der Waals surface area contributed by atoms with E-state index in [1.54, 1.807) is 37.5 Å². The van der Waals surface area contributed by atoms with E-state index < -0.39 is 0 Å². The standard InChI is InChI=1S/C21H26N4O3S/c1-3-28-21(27)16-6-8-17(9-7-16)24-19(26)13-29-20-11-18(22-14-23-20)25-10-4-5-15(2)12-25/h6-9,11,14-15H,3-5,10,12-13H2,1-2H3,(H,24,26)/t15-/m1/s1. The third-order valence-electron chi connectivity index (χ3n) is 4.64. The summed E-state index contributed by atoms with van der Waals surface area (Å²) in [6.45, 7) is 6.36. The van der Waals surface area contributed by atoms with E-state index >= 15 is 0 Å². The summed E-state index contributed by atoms with van der Waals surface area (Å²) in [6.07, 6.45) is 3.98. The molecule has 7 nitrogen and oxygen atoms in total. The van der Waals surface area contributed by atoms with E-state index in [1.807, 2.05) is 6.07 Å². The van der Waals surface area contributed by atoms with Crippen LogP contribution in [0.4, 0.5) is 11.5 Å². The molecule has 1 aliphatic heterocycles. The van der Waals surface area contributed by atoms with Crippen LogP contribution in [-0.2, 0) is 9.53 Å². The van der Waals surface area contributed by atoms with Crippen LogP contribution >= 0.6 is 11.8 Å². The minimum absolute atomic E-state index is 0.134. The number of hydrogen-bond acceptors (Lipinski definition) is 7. The second kappa shape index (κ2) is 10.2. The Labute approximate surface area is 175 Å². The lowest BCUT2D eigenvalue weighted by molar-refractivity contribution is -0.113. The molecule has 1 N–H and O–H groups in total. The van der Waals surface area contributed by atoms with Crippen LogP contribution in [0.1, 0.15) is 37.0 Å². The quantitative estimate of drug-likeness (QED) is 0.421. The first kappa shape index (κ1) is 21.1. The molecule has 3 rings (SSSR count). The monoisotopic (exact) mass is 414 g/mol. The van der Waals surface area contributed by atoms with E-state index in [0.717, 1.165) is 23.9 Å². The Bertz CT molecular complexity index is 844. The summed E-state index contributed by atoms with van der Waals surface area (Å²) in [5.41, 5.74) is 1.09. The fourth-order valence-electron chi connectivity index (χ4n) is 3.22. The SMILES string of the molecule is CCOC(=O)c1ccc(NC(=O)CSc2cc(N3CCC[C@@H](C)C3)ncn2)cc1. The Hall–Kier alpha value is -2.61. The van der Waals surface area contributed by atoms with Crippen molar-refractivity contribution in [2.24, 2.45) is 5.92 Å². The predicted molar refractivity (Wildman–Crippen MR) is 114 cm³/mol. The highest BCUT2D eigenvalue weighted by Crippen LogP contribution is 2.24. The van der Waals surface area contributed by atoms with Crippen LogP contribution in [0.3, 0.4) is 0 Å². The second-order valence-corrected chi connectivity index (χ2v) is 8.04. The van der Waals surface area contributed by atoms with Gasteiger partial charge in [0.2, 0.25) is 5.91 Å². The summed E-state index contributed by atoms with van der Waals surface area (Å²) in [6, 6.07) is 8.60. The van der Waals surface area contributed by atoms with Crippen molar-refractivity contribution in [1.82, 2.24) is 9.97 Å². The molecule has 1 atom stereocenters. The number of aromatic nitrogens is 2. The zero-order chi connectivity index (χ0) is 20.6. The molecule has 2 aromatic rings. The van der Waals surface area contributed by atoms with Crippen LogP contribution in [0.2, 0.25) is 0 Å². The number of nitrogens with one attached hydrogen (secondary N) is 1. The number of carbonyl (C=O) groups excluding carboxylic acids is 2. The fraction of sp³-hybridized carbons (Fsp3) is 0.429. The van der Waals surface area contributed by atoms with Gasteiger partial charge in [-0.2, -0.15) is 0 Å². The molecule has 0 bridgehead atoms. The first-order chi connectivity index (χ1) is 14.0. The van der Waals surface area contributed by atoms with Gasteiger partial charge in [-0.3, -0.25) is 4.79 Å². The van der Waals surface area contributed by atoms with Crippen LogP contribution in [0.25, 0.3) is 0 Å². The van der Waals surface area contributed by atoms with Crippen LogP contribution in [0.15, 0.2) is 41.7 Å². The highest BCUT2D eigenvalue weighted by molar-refractivity contribution is 7.99. The summed E-state index contributed by atoms with van der Waals surface area (Å²) in [4.78, 5) is 34.9. The summed E-state index contributed by atoms with van der Waals surface area (Å²) >= 11 is 1.38. The van der Waals surface area contributed by atoms with E-state index in [0.29, 0.717) is 23.8 Å². The van der Waals surface area contributed by atoms with Gasteiger partial charge in [-0.05, 0) is 49.9 Å². The van der Waals surface area contributed by atoms with Crippen molar-refractivity contribution in [3.05, 3.63) is 42.2 Å². The Balaban J connectivity index is 1.51. The van der Waals surface area contributed by atoms with Crippen LogP contribution in [0.5, 0.6) is 0 Å². The number of ether oxygens (including phenoxy) is 1. The number of piperidine rings is 1. The highest BCUT2D eigenvalue weighted by atomic mass is 32.2. The maximum absolute atomic E-state index is 12.3. The zero-order valence-electron chi connectivity index (χ0n) is 16.8. The van der Waals surface area contributed by atoms with Gasteiger partial charge >= 0.3 is 5.97 Å². The average Bonchev–Trinajstić information content (AvgIpc) is 2.73. The van der Waals surface area contributed by atoms with Gasteiger partial charge in [0.1, 0.15) is 17.2 Å². The molecule has 154 valence electrons. The van der Waals surface area contributed by atoms with Gasteiger partial charge in [-0.15, -0.1) is 0 Å². The normalized spacial score (nSPS) is 16.3. The molecule has 0 spiro atoms. The minimum Gasteiger partial charge on any atom is -0.462 e. The molecule has 1 aromatic heterocycles. The number of esters is 1. The Morgan fingerprint density at radius 1 is 1.28 bits per heavy atom. The number of carbonyl (C=O) groups is 2. The first-order valence-corrected chi connectivity index (χ1v) is 10.8. The number of thioether (sulfide) groups is 1. The molecule has 1 amide bonds. The lowest BCUT2D eigenvalue weighted by Crippen LogP contribution is -2.34. The number of hydrogen-bond donors (Lipinski definition) is 1. The maximum atomic E-state index is 12.3. The highest BCUT2D eigenvalue weighted by Gasteiger charge is 2.18. The van der Waals surface area contributed by atoms with Crippen molar-refractivity contribution in [3.8, 4) is 0 Å². The molecule has 1 saturated heterocycles. The van der Waals surface area contributed by atoms with Crippen LogP contribution in [-0.4, -0.2) is 47.3 Å². The third-order valence-corrected chi connectivity index (χ3v) is 5.57. The molecule has 8 heteroatoms. The molecular formula is C21H26N4O3S. The van der Waals surface area contributed by atoms with Crippen molar-refractivity contribution in [2.45, 2.75) is 31.7 Å². The molecule has 1 aromatic carbocycles. The van der Waals surface area contributed by atoms with Gasteiger partial charge in [0, 0.05) is 24.8 Å². The molecule has 1 aliphatic rings. The van der Waals surface area contributed by atoms with E-state index in [1.165, 1.54) is 24.6 Å². The molecule has 29 heavy (non-hydrogen) atoms. The largest absolute Gasteiger partial charge is 0.462 e. The topological polar surface area (TPSA) is 84.4 Å². The van der Waals surface area contributed by atoms with Gasteiger partial charge in [-0.25, -0.2) is 14.8 Å². The van der Waals surface area contributed by atoms with Gasteiger partial charge in [0.15, 0.2) is 0 Å². The molecule has 1 fully saturated rings. The molecule has 0 radical (unpaired) electrons. The van der Waals surface area contributed by atoms with Crippen molar-refractivity contribution in [2.75, 3.05) is 35.7 Å². The number of nitrogens with zero attached hydrogens (tertiary/aromatic N) is 3. The average molecular weight is 415 g/mol. The van der Waals surface area contributed by atoms with Crippen molar-refractivity contribution < 1.29 is 14.3 Å². The molecule has 2 heterocycles. The molecular weight excluding hydrogens is 388 g/mol. The Morgan fingerprint density at radius 2 is 2.07 bits per heavy atom.